The fourth-order valence-corrected chi connectivity index (χ4v) is 6.32. The minimum atomic E-state index is -0.180. The zero-order valence-corrected chi connectivity index (χ0v) is 17.4. The van der Waals surface area contributed by atoms with E-state index in [1.165, 1.54) is 44.1 Å². The number of hydrogen-bond donors (Lipinski definition) is 3. The Morgan fingerprint density at radius 2 is 1.60 bits per heavy atom. The maximum absolute atomic E-state index is 12.1. The SMILES string of the molecule is Nc1ccccc1NC(=O)/C=C/c1ccc(CNC23CC4CC(CC(C4)C2)C3)cc1. The molecule has 4 fully saturated rings. The molecule has 0 aliphatic heterocycles. The summed E-state index contributed by atoms with van der Waals surface area (Å²) in [6.45, 7) is 0.934. The average molecular weight is 402 g/mol. The lowest BCUT2D eigenvalue weighted by Crippen LogP contribution is -2.58. The van der Waals surface area contributed by atoms with Crippen molar-refractivity contribution in [3.05, 3.63) is 65.7 Å². The predicted octanol–water partition coefficient (Wildman–Crippen LogP) is 4.98. The monoisotopic (exact) mass is 401 g/mol. The normalized spacial score (nSPS) is 29.4. The number of nitrogen functional groups attached to an aromatic ring is 1. The van der Waals surface area contributed by atoms with Gasteiger partial charge in [-0.25, -0.2) is 0 Å². The molecule has 4 heteroatoms. The summed E-state index contributed by atoms with van der Waals surface area (Å²) in [7, 11) is 0. The number of para-hydroxylation sites is 2. The van der Waals surface area contributed by atoms with E-state index < -0.39 is 0 Å². The zero-order chi connectivity index (χ0) is 20.6. The van der Waals surface area contributed by atoms with Gasteiger partial charge in [0.05, 0.1) is 11.4 Å². The van der Waals surface area contributed by atoms with Gasteiger partial charge >= 0.3 is 0 Å². The maximum atomic E-state index is 12.1. The highest BCUT2D eigenvalue weighted by Gasteiger charge is 2.50. The molecular weight excluding hydrogens is 370 g/mol. The van der Waals surface area contributed by atoms with Crippen molar-refractivity contribution in [2.75, 3.05) is 11.1 Å². The van der Waals surface area contributed by atoms with Crippen molar-refractivity contribution in [2.24, 2.45) is 17.8 Å². The molecule has 0 heterocycles. The third kappa shape index (κ3) is 4.15. The van der Waals surface area contributed by atoms with Crippen molar-refractivity contribution in [1.82, 2.24) is 5.32 Å². The lowest BCUT2D eigenvalue weighted by molar-refractivity contribution is -0.111. The molecule has 2 aromatic rings. The third-order valence-corrected chi connectivity index (χ3v) is 7.33. The van der Waals surface area contributed by atoms with Gasteiger partial charge in [0.1, 0.15) is 0 Å². The van der Waals surface area contributed by atoms with Gasteiger partial charge in [0.25, 0.3) is 0 Å². The van der Waals surface area contributed by atoms with Crippen molar-refractivity contribution < 1.29 is 4.79 Å². The van der Waals surface area contributed by atoms with E-state index in [2.05, 4.69) is 34.9 Å². The number of nitrogens with one attached hydrogen (secondary N) is 2. The lowest BCUT2D eigenvalue weighted by Gasteiger charge is -2.57. The van der Waals surface area contributed by atoms with E-state index >= 15 is 0 Å². The quantitative estimate of drug-likeness (QED) is 0.472. The Labute approximate surface area is 178 Å². The molecule has 4 aliphatic carbocycles. The zero-order valence-electron chi connectivity index (χ0n) is 17.4. The summed E-state index contributed by atoms with van der Waals surface area (Å²) in [6, 6.07) is 15.8. The number of rotatable bonds is 6. The van der Waals surface area contributed by atoms with E-state index in [-0.39, 0.29) is 5.91 Å². The first-order valence-electron chi connectivity index (χ1n) is 11.2. The first-order valence-corrected chi connectivity index (χ1v) is 11.2. The van der Waals surface area contributed by atoms with Gasteiger partial charge in [0.15, 0.2) is 0 Å². The van der Waals surface area contributed by atoms with Crippen molar-refractivity contribution in [3.63, 3.8) is 0 Å². The second-order valence-corrected chi connectivity index (χ2v) is 9.70. The minimum Gasteiger partial charge on any atom is -0.397 e. The van der Waals surface area contributed by atoms with Crippen LogP contribution >= 0.6 is 0 Å². The molecule has 0 radical (unpaired) electrons. The Morgan fingerprint density at radius 3 is 2.23 bits per heavy atom. The molecule has 6 rings (SSSR count). The van der Waals surface area contributed by atoms with Crippen LogP contribution in [0.3, 0.4) is 0 Å². The number of benzene rings is 2. The molecule has 0 unspecified atom stereocenters. The van der Waals surface area contributed by atoms with Crippen LogP contribution in [0, 0.1) is 17.8 Å². The van der Waals surface area contributed by atoms with E-state index in [0.29, 0.717) is 16.9 Å². The van der Waals surface area contributed by atoms with Gasteiger partial charge in [-0.1, -0.05) is 36.4 Å². The van der Waals surface area contributed by atoms with Crippen LogP contribution in [0.4, 0.5) is 11.4 Å². The largest absolute Gasteiger partial charge is 0.397 e. The van der Waals surface area contributed by atoms with Crippen LogP contribution in [0.25, 0.3) is 6.08 Å². The van der Waals surface area contributed by atoms with Gasteiger partial charge < -0.3 is 16.4 Å². The highest BCUT2D eigenvalue weighted by molar-refractivity contribution is 6.03. The molecule has 0 atom stereocenters. The second-order valence-electron chi connectivity index (χ2n) is 9.70. The number of carbonyl (C=O) groups is 1. The number of anilines is 2. The van der Waals surface area contributed by atoms with E-state index in [1.807, 2.05) is 18.2 Å². The molecule has 0 aromatic heterocycles. The van der Waals surface area contributed by atoms with Gasteiger partial charge in [0.2, 0.25) is 5.91 Å². The van der Waals surface area contributed by atoms with Crippen LogP contribution < -0.4 is 16.4 Å². The predicted molar refractivity (Wildman–Crippen MR) is 123 cm³/mol. The minimum absolute atomic E-state index is 0.180. The van der Waals surface area contributed by atoms with Crippen molar-refractivity contribution in [2.45, 2.75) is 50.6 Å². The number of nitrogens with two attached hydrogens (primary N) is 1. The third-order valence-electron chi connectivity index (χ3n) is 7.33. The Kier molecular flexibility index (Phi) is 5.11. The Hall–Kier alpha value is -2.59. The van der Waals surface area contributed by atoms with Crippen LogP contribution in [0.15, 0.2) is 54.6 Å². The van der Waals surface area contributed by atoms with Gasteiger partial charge in [0, 0.05) is 18.2 Å². The Morgan fingerprint density at radius 1 is 0.967 bits per heavy atom. The van der Waals surface area contributed by atoms with Crippen LogP contribution in [0.5, 0.6) is 0 Å². The summed E-state index contributed by atoms with van der Waals surface area (Å²) >= 11 is 0. The summed E-state index contributed by atoms with van der Waals surface area (Å²) in [5, 5.41) is 6.77. The average Bonchev–Trinajstić information content (AvgIpc) is 2.72. The van der Waals surface area contributed by atoms with Gasteiger partial charge in [-0.15, -0.1) is 0 Å². The van der Waals surface area contributed by atoms with Crippen LogP contribution in [0.1, 0.15) is 49.7 Å². The Balaban J connectivity index is 1.16. The number of hydrogen-bond acceptors (Lipinski definition) is 3. The topological polar surface area (TPSA) is 67.1 Å². The van der Waals surface area contributed by atoms with Crippen LogP contribution in [-0.2, 0) is 11.3 Å². The Bertz CT molecular complexity index is 912. The molecule has 0 saturated heterocycles. The lowest BCUT2D eigenvalue weighted by atomic mass is 9.53. The van der Waals surface area contributed by atoms with Gasteiger partial charge in [-0.3, -0.25) is 4.79 Å². The molecule has 0 spiro atoms. The first kappa shape index (κ1) is 19.4. The fourth-order valence-electron chi connectivity index (χ4n) is 6.32. The smallest absolute Gasteiger partial charge is 0.248 e. The molecule has 30 heavy (non-hydrogen) atoms. The molecule has 4 N–H and O–H groups in total. The van der Waals surface area contributed by atoms with E-state index in [0.717, 1.165) is 29.9 Å². The molecule has 4 saturated carbocycles. The highest BCUT2D eigenvalue weighted by Crippen LogP contribution is 2.55. The number of amides is 1. The van der Waals surface area contributed by atoms with Crippen molar-refractivity contribution in [1.29, 1.82) is 0 Å². The number of carbonyl (C=O) groups excluding carboxylic acids is 1. The molecule has 4 nitrogen and oxygen atoms in total. The molecule has 156 valence electrons. The van der Waals surface area contributed by atoms with E-state index in [9.17, 15) is 4.79 Å². The van der Waals surface area contributed by atoms with Crippen molar-refractivity contribution >= 4 is 23.4 Å². The molecule has 4 aliphatic rings. The van der Waals surface area contributed by atoms with Crippen LogP contribution in [-0.4, -0.2) is 11.4 Å². The molecular formula is C26H31N3O. The van der Waals surface area contributed by atoms with E-state index in [1.54, 1.807) is 18.2 Å². The highest BCUT2D eigenvalue weighted by atomic mass is 16.1. The summed E-state index contributed by atoms with van der Waals surface area (Å²) < 4.78 is 0. The summed E-state index contributed by atoms with van der Waals surface area (Å²) in [5.74, 6) is 2.72. The maximum Gasteiger partial charge on any atom is 0.248 e. The van der Waals surface area contributed by atoms with Gasteiger partial charge in [-0.05, 0) is 85.6 Å². The standard InChI is InChI=1S/C26H31N3O/c27-23-3-1-2-4-24(23)29-25(30)10-9-18-5-7-19(8-6-18)17-28-26-14-20-11-21(15-26)13-22(12-20)16-26/h1-10,20-22,28H,11-17,27H2,(H,29,30)/b10-9+. The van der Waals surface area contributed by atoms with Crippen LogP contribution in [0.2, 0.25) is 0 Å². The molecule has 1 amide bonds. The fraction of sp³-hybridized carbons (Fsp3) is 0.423. The molecule has 2 aromatic carbocycles. The molecule has 4 bridgehead atoms. The summed E-state index contributed by atoms with van der Waals surface area (Å²) in [4.78, 5) is 12.1. The first-order chi connectivity index (χ1) is 14.6. The van der Waals surface area contributed by atoms with Crippen molar-refractivity contribution in [3.8, 4) is 0 Å². The van der Waals surface area contributed by atoms with E-state index in [4.69, 9.17) is 5.73 Å². The van der Waals surface area contributed by atoms with Gasteiger partial charge in [-0.2, -0.15) is 0 Å². The summed E-state index contributed by atoms with van der Waals surface area (Å²) in [6.07, 6.45) is 12.0. The summed E-state index contributed by atoms with van der Waals surface area (Å²) in [5.41, 5.74) is 9.79. The second kappa shape index (κ2) is 7.92.